The van der Waals surface area contributed by atoms with E-state index in [1.807, 2.05) is 30.3 Å². The summed E-state index contributed by atoms with van der Waals surface area (Å²) in [7, 11) is 3.84. The SMILES string of the molecule is CCC(CC)N(C)CC(NC)(C(N)=O)c1ccccc1. The maximum absolute atomic E-state index is 12.1. The largest absolute Gasteiger partial charge is 0.368 e. The number of carbonyl (C=O) groups excluding carboxylic acids is 1. The van der Waals surface area contributed by atoms with Gasteiger partial charge in [0.25, 0.3) is 0 Å². The number of primary amides is 1. The summed E-state index contributed by atoms with van der Waals surface area (Å²) >= 11 is 0. The summed E-state index contributed by atoms with van der Waals surface area (Å²) in [6.45, 7) is 4.90. The van der Waals surface area contributed by atoms with Crippen LogP contribution in [0.5, 0.6) is 0 Å². The smallest absolute Gasteiger partial charge is 0.243 e. The van der Waals surface area contributed by atoms with Crippen molar-refractivity contribution in [2.75, 3.05) is 20.6 Å². The van der Waals surface area contributed by atoms with Gasteiger partial charge in [-0.3, -0.25) is 4.79 Å². The average Bonchev–Trinajstić information content (AvgIpc) is 2.46. The predicted molar refractivity (Wildman–Crippen MR) is 83.4 cm³/mol. The molecule has 0 radical (unpaired) electrons. The van der Waals surface area contributed by atoms with E-state index in [0.717, 1.165) is 18.4 Å². The van der Waals surface area contributed by atoms with Crippen LogP contribution < -0.4 is 11.1 Å². The van der Waals surface area contributed by atoms with Crippen molar-refractivity contribution in [3.05, 3.63) is 35.9 Å². The normalized spacial score (nSPS) is 14.5. The second-order valence-corrected chi connectivity index (χ2v) is 5.27. The van der Waals surface area contributed by atoms with Gasteiger partial charge in [0.1, 0.15) is 5.54 Å². The van der Waals surface area contributed by atoms with Crippen LogP contribution in [0.15, 0.2) is 30.3 Å². The summed E-state index contributed by atoms with van der Waals surface area (Å²) in [4.78, 5) is 14.3. The summed E-state index contributed by atoms with van der Waals surface area (Å²) in [5.74, 6) is -0.344. The number of nitrogens with two attached hydrogens (primary N) is 1. The Morgan fingerprint density at radius 2 is 1.85 bits per heavy atom. The minimum atomic E-state index is -0.849. The Labute approximate surface area is 122 Å². The van der Waals surface area contributed by atoms with Crippen LogP contribution in [0.25, 0.3) is 0 Å². The molecule has 3 N–H and O–H groups in total. The standard InChI is InChI=1S/C16H27N3O/c1-5-14(6-2)19(4)12-16(18-3,15(17)20)13-10-8-7-9-11-13/h7-11,14,18H,5-6,12H2,1-4H3,(H2,17,20). The van der Waals surface area contributed by atoms with Crippen molar-refractivity contribution < 1.29 is 4.79 Å². The molecule has 0 aliphatic heterocycles. The van der Waals surface area contributed by atoms with Crippen LogP contribution >= 0.6 is 0 Å². The Morgan fingerprint density at radius 1 is 1.30 bits per heavy atom. The highest BCUT2D eigenvalue weighted by atomic mass is 16.1. The fraction of sp³-hybridized carbons (Fsp3) is 0.562. The van der Waals surface area contributed by atoms with Crippen LogP contribution in [0.2, 0.25) is 0 Å². The van der Waals surface area contributed by atoms with Crippen molar-refractivity contribution in [2.45, 2.75) is 38.3 Å². The number of rotatable bonds is 8. The lowest BCUT2D eigenvalue weighted by Gasteiger charge is -2.37. The van der Waals surface area contributed by atoms with Crippen molar-refractivity contribution in [1.82, 2.24) is 10.2 Å². The molecule has 0 spiro atoms. The fourth-order valence-corrected chi connectivity index (χ4v) is 2.80. The molecule has 0 aliphatic rings. The van der Waals surface area contributed by atoms with Gasteiger partial charge in [0, 0.05) is 12.6 Å². The number of nitrogens with zero attached hydrogens (tertiary/aromatic N) is 1. The van der Waals surface area contributed by atoms with Crippen LogP contribution in [0.1, 0.15) is 32.3 Å². The van der Waals surface area contributed by atoms with E-state index in [0.29, 0.717) is 12.6 Å². The van der Waals surface area contributed by atoms with Gasteiger partial charge >= 0.3 is 0 Å². The van der Waals surface area contributed by atoms with Gasteiger partial charge < -0.3 is 16.0 Å². The molecule has 4 nitrogen and oxygen atoms in total. The molecule has 0 heterocycles. The van der Waals surface area contributed by atoms with Crippen molar-refractivity contribution in [3.63, 3.8) is 0 Å². The highest BCUT2D eigenvalue weighted by molar-refractivity contribution is 5.86. The van der Waals surface area contributed by atoms with Crippen LogP contribution in [-0.2, 0) is 10.3 Å². The number of amides is 1. The molecule has 0 fully saturated rings. The summed E-state index contributed by atoms with van der Waals surface area (Å²) in [5.41, 5.74) is 5.78. The van der Waals surface area contributed by atoms with Gasteiger partial charge in [0.05, 0.1) is 0 Å². The van der Waals surface area contributed by atoms with Crippen molar-refractivity contribution >= 4 is 5.91 Å². The monoisotopic (exact) mass is 277 g/mol. The number of benzene rings is 1. The molecule has 0 bridgehead atoms. The summed E-state index contributed by atoms with van der Waals surface area (Å²) < 4.78 is 0. The number of hydrogen-bond acceptors (Lipinski definition) is 3. The van der Waals surface area contributed by atoms with Crippen molar-refractivity contribution in [3.8, 4) is 0 Å². The minimum Gasteiger partial charge on any atom is -0.368 e. The van der Waals surface area contributed by atoms with Crippen LogP contribution in [0.4, 0.5) is 0 Å². The zero-order valence-electron chi connectivity index (χ0n) is 13.0. The van der Waals surface area contributed by atoms with Crippen LogP contribution in [0, 0.1) is 0 Å². The van der Waals surface area contributed by atoms with E-state index in [4.69, 9.17) is 5.73 Å². The second-order valence-electron chi connectivity index (χ2n) is 5.27. The third kappa shape index (κ3) is 3.38. The zero-order valence-corrected chi connectivity index (χ0v) is 13.0. The molecule has 0 aliphatic carbocycles. The number of likely N-dealkylation sites (N-methyl/N-ethyl adjacent to an activating group) is 2. The van der Waals surface area contributed by atoms with Gasteiger partial charge in [0.2, 0.25) is 5.91 Å². The van der Waals surface area contributed by atoms with Gasteiger partial charge in [-0.05, 0) is 32.5 Å². The molecular weight excluding hydrogens is 250 g/mol. The molecule has 112 valence electrons. The predicted octanol–water partition coefficient (Wildman–Crippen LogP) is 1.71. The number of hydrogen-bond donors (Lipinski definition) is 2. The van der Waals surface area contributed by atoms with E-state index < -0.39 is 5.54 Å². The summed E-state index contributed by atoms with van der Waals surface area (Å²) in [5, 5.41) is 3.15. The Morgan fingerprint density at radius 3 is 2.25 bits per heavy atom. The maximum Gasteiger partial charge on any atom is 0.243 e. The molecule has 1 aromatic carbocycles. The molecule has 1 unspecified atom stereocenters. The Kier molecular flexibility index (Phi) is 6.17. The van der Waals surface area contributed by atoms with E-state index in [2.05, 4.69) is 31.1 Å². The third-order valence-corrected chi connectivity index (χ3v) is 4.17. The van der Waals surface area contributed by atoms with Crippen molar-refractivity contribution in [2.24, 2.45) is 5.73 Å². The summed E-state index contributed by atoms with van der Waals surface area (Å²) in [6.07, 6.45) is 2.11. The lowest BCUT2D eigenvalue weighted by molar-refractivity contribution is -0.125. The topological polar surface area (TPSA) is 58.4 Å². The first-order chi connectivity index (χ1) is 9.51. The molecular formula is C16H27N3O. The van der Waals surface area contributed by atoms with E-state index in [9.17, 15) is 4.79 Å². The van der Waals surface area contributed by atoms with Gasteiger partial charge in [-0.25, -0.2) is 0 Å². The molecule has 0 saturated carbocycles. The molecule has 1 amide bonds. The van der Waals surface area contributed by atoms with E-state index >= 15 is 0 Å². The Hall–Kier alpha value is -1.39. The molecule has 1 aromatic rings. The van der Waals surface area contributed by atoms with Crippen LogP contribution in [-0.4, -0.2) is 37.5 Å². The summed E-state index contributed by atoms with van der Waals surface area (Å²) in [6, 6.07) is 10.1. The lowest BCUT2D eigenvalue weighted by Crippen LogP contribution is -2.58. The third-order valence-electron chi connectivity index (χ3n) is 4.17. The first-order valence-electron chi connectivity index (χ1n) is 7.26. The molecule has 1 rings (SSSR count). The molecule has 20 heavy (non-hydrogen) atoms. The Bertz CT molecular complexity index is 417. The molecule has 4 heteroatoms. The first kappa shape index (κ1) is 16.7. The fourth-order valence-electron chi connectivity index (χ4n) is 2.80. The highest BCUT2D eigenvalue weighted by Gasteiger charge is 2.38. The zero-order chi connectivity index (χ0) is 15.2. The number of nitrogens with one attached hydrogen (secondary N) is 1. The van der Waals surface area contributed by atoms with Crippen LogP contribution in [0.3, 0.4) is 0 Å². The van der Waals surface area contributed by atoms with Gasteiger partial charge in [-0.2, -0.15) is 0 Å². The van der Waals surface area contributed by atoms with Crippen molar-refractivity contribution in [1.29, 1.82) is 0 Å². The van der Waals surface area contributed by atoms with Gasteiger partial charge in [0.15, 0.2) is 0 Å². The molecule has 1 atom stereocenters. The first-order valence-corrected chi connectivity index (χ1v) is 7.26. The number of carbonyl (C=O) groups is 1. The Balaban J connectivity index is 3.10. The second kappa shape index (κ2) is 7.41. The average molecular weight is 277 g/mol. The minimum absolute atomic E-state index is 0.344. The molecule has 0 saturated heterocycles. The molecule has 0 aromatic heterocycles. The van der Waals surface area contributed by atoms with E-state index in [1.165, 1.54) is 0 Å². The van der Waals surface area contributed by atoms with Gasteiger partial charge in [-0.15, -0.1) is 0 Å². The van der Waals surface area contributed by atoms with Gasteiger partial charge in [-0.1, -0.05) is 44.2 Å². The van der Waals surface area contributed by atoms with E-state index in [-0.39, 0.29) is 5.91 Å². The lowest BCUT2D eigenvalue weighted by atomic mass is 9.88. The quantitative estimate of drug-likeness (QED) is 0.760. The maximum atomic E-state index is 12.1. The van der Waals surface area contributed by atoms with E-state index in [1.54, 1.807) is 7.05 Å². The highest BCUT2D eigenvalue weighted by Crippen LogP contribution is 2.23.